The van der Waals surface area contributed by atoms with Gasteiger partial charge in [-0.2, -0.15) is 0 Å². The first kappa shape index (κ1) is 14.3. The Hall–Kier alpha value is -1.81. The average molecular weight is 249 g/mol. The zero-order valence-electron chi connectivity index (χ0n) is 10.7. The number of likely N-dealkylation sites (N-methyl/N-ethyl adjacent to an activating group) is 1. The summed E-state index contributed by atoms with van der Waals surface area (Å²) in [7, 11) is 1.60. The number of hydrogen-bond acceptors (Lipinski definition) is 3. The molecule has 0 saturated heterocycles. The molecule has 4 nitrogen and oxygen atoms in total. The van der Waals surface area contributed by atoms with E-state index in [0.29, 0.717) is 0 Å². The lowest BCUT2D eigenvalue weighted by atomic mass is 10.0. The van der Waals surface area contributed by atoms with Gasteiger partial charge in [0.1, 0.15) is 6.61 Å². The Bertz CT molecular complexity index is 391. The van der Waals surface area contributed by atoms with Gasteiger partial charge < -0.3 is 14.7 Å². The standard InChI is InChI=1S/C14H19NO3/c1-4-10-18-14(17)15(3)11(2)13(16)12-8-6-5-7-9-12/h4-9,11,13,16H,1,10H2,2-3H3. The molecule has 0 heterocycles. The van der Waals surface area contributed by atoms with Crippen molar-refractivity contribution in [2.75, 3.05) is 13.7 Å². The van der Waals surface area contributed by atoms with Gasteiger partial charge in [0, 0.05) is 7.05 Å². The van der Waals surface area contributed by atoms with Crippen molar-refractivity contribution in [1.82, 2.24) is 4.90 Å². The van der Waals surface area contributed by atoms with Crippen molar-refractivity contribution in [3.63, 3.8) is 0 Å². The second-order valence-corrected chi connectivity index (χ2v) is 4.07. The smallest absolute Gasteiger partial charge is 0.410 e. The topological polar surface area (TPSA) is 49.8 Å². The van der Waals surface area contributed by atoms with E-state index in [9.17, 15) is 9.90 Å². The minimum Gasteiger partial charge on any atom is -0.445 e. The van der Waals surface area contributed by atoms with Crippen LogP contribution in [-0.4, -0.2) is 35.8 Å². The summed E-state index contributed by atoms with van der Waals surface area (Å²) >= 11 is 0. The van der Waals surface area contributed by atoms with E-state index in [2.05, 4.69) is 6.58 Å². The number of ether oxygens (including phenoxy) is 1. The Kier molecular flexibility index (Phi) is 5.39. The number of rotatable bonds is 5. The molecule has 1 N–H and O–H groups in total. The van der Waals surface area contributed by atoms with Gasteiger partial charge in [-0.3, -0.25) is 0 Å². The molecule has 0 aliphatic rings. The van der Waals surface area contributed by atoms with Gasteiger partial charge in [-0.25, -0.2) is 4.79 Å². The predicted molar refractivity (Wildman–Crippen MR) is 70.2 cm³/mol. The fourth-order valence-corrected chi connectivity index (χ4v) is 1.54. The van der Waals surface area contributed by atoms with E-state index in [1.807, 2.05) is 30.3 Å². The van der Waals surface area contributed by atoms with Crippen molar-refractivity contribution in [3.05, 3.63) is 48.6 Å². The highest BCUT2D eigenvalue weighted by atomic mass is 16.6. The van der Waals surface area contributed by atoms with Gasteiger partial charge in [-0.05, 0) is 12.5 Å². The molecule has 0 radical (unpaired) electrons. The number of hydrogen-bond donors (Lipinski definition) is 1. The van der Waals surface area contributed by atoms with Gasteiger partial charge in [0.25, 0.3) is 0 Å². The second kappa shape index (κ2) is 6.81. The van der Waals surface area contributed by atoms with Gasteiger partial charge in [0.15, 0.2) is 0 Å². The van der Waals surface area contributed by atoms with E-state index in [-0.39, 0.29) is 12.6 Å². The summed E-state index contributed by atoms with van der Waals surface area (Å²) in [6, 6.07) is 8.85. The van der Waals surface area contributed by atoms with Crippen LogP contribution >= 0.6 is 0 Å². The maximum Gasteiger partial charge on any atom is 0.410 e. The Morgan fingerprint density at radius 3 is 2.67 bits per heavy atom. The van der Waals surface area contributed by atoms with Crippen molar-refractivity contribution in [2.45, 2.75) is 19.1 Å². The van der Waals surface area contributed by atoms with E-state index in [1.165, 1.54) is 11.0 Å². The van der Waals surface area contributed by atoms with Gasteiger partial charge in [0.2, 0.25) is 0 Å². The van der Waals surface area contributed by atoms with Crippen molar-refractivity contribution < 1.29 is 14.6 Å². The summed E-state index contributed by atoms with van der Waals surface area (Å²) in [6.07, 6.45) is 0.286. The molecule has 0 bridgehead atoms. The Balaban J connectivity index is 2.65. The summed E-state index contributed by atoms with van der Waals surface area (Å²) < 4.78 is 4.92. The Labute approximate surface area is 107 Å². The molecule has 2 unspecified atom stereocenters. The highest BCUT2D eigenvalue weighted by Crippen LogP contribution is 2.20. The zero-order valence-corrected chi connectivity index (χ0v) is 10.7. The molecule has 1 aromatic carbocycles. The molecule has 4 heteroatoms. The third-order valence-electron chi connectivity index (χ3n) is 2.82. The van der Waals surface area contributed by atoms with E-state index in [0.717, 1.165) is 5.56 Å². The first-order valence-electron chi connectivity index (χ1n) is 5.81. The van der Waals surface area contributed by atoms with Gasteiger partial charge >= 0.3 is 6.09 Å². The van der Waals surface area contributed by atoms with Crippen LogP contribution in [0.4, 0.5) is 4.79 Å². The van der Waals surface area contributed by atoms with Crippen LogP contribution < -0.4 is 0 Å². The maximum absolute atomic E-state index is 11.6. The summed E-state index contributed by atoms with van der Waals surface area (Å²) in [6.45, 7) is 5.41. The molecule has 2 atom stereocenters. The van der Waals surface area contributed by atoms with E-state index in [1.54, 1.807) is 14.0 Å². The van der Waals surface area contributed by atoms with Crippen LogP contribution in [0.25, 0.3) is 0 Å². The van der Waals surface area contributed by atoms with Crippen LogP contribution in [-0.2, 0) is 4.74 Å². The number of nitrogens with zero attached hydrogens (tertiary/aromatic N) is 1. The normalized spacial score (nSPS) is 13.5. The molecule has 0 aromatic heterocycles. The van der Waals surface area contributed by atoms with Crippen LogP contribution in [0.1, 0.15) is 18.6 Å². The van der Waals surface area contributed by atoms with Crippen LogP contribution in [0.15, 0.2) is 43.0 Å². The molecule has 0 saturated carbocycles. The van der Waals surface area contributed by atoms with Crippen molar-refractivity contribution in [3.8, 4) is 0 Å². The number of carbonyl (C=O) groups excluding carboxylic acids is 1. The lowest BCUT2D eigenvalue weighted by Crippen LogP contribution is -2.39. The summed E-state index contributed by atoms with van der Waals surface area (Å²) in [4.78, 5) is 13.0. The lowest BCUT2D eigenvalue weighted by molar-refractivity contribution is 0.0551. The summed E-state index contributed by atoms with van der Waals surface area (Å²) in [5, 5.41) is 10.2. The second-order valence-electron chi connectivity index (χ2n) is 4.07. The van der Waals surface area contributed by atoms with E-state index in [4.69, 9.17) is 4.74 Å². The molecular formula is C14H19NO3. The average Bonchev–Trinajstić information content (AvgIpc) is 2.43. The van der Waals surface area contributed by atoms with Gasteiger partial charge in [-0.15, -0.1) is 0 Å². The van der Waals surface area contributed by atoms with Crippen LogP contribution in [0, 0.1) is 0 Å². The Morgan fingerprint density at radius 2 is 2.11 bits per heavy atom. The molecule has 18 heavy (non-hydrogen) atoms. The van der Waals surface area contributed by atoms with Crippen molar-refractivity contribution >= 4 is 6.09 Å². The Morgan fingerprint density at radius 1 is 1.50 bits per heavy atom. The highest BCUT2D eigenvalue weighted by molar-refractivity contribution is 5.67. The third kappa shape index (κ3) is 3.60. The molecule has 0 aliphatic heterocycles. The number of benzene rings is 1. The monoisotopic (exact) mass is 249 g/mol. The van der Waals surface area contributed by atoms with E-state index < -0.39 is 12.2 Å². The maximum atomic E-state index is 11.6. The first-order valence-corrected chi connectivity index (χ1v) is 5.81. The largest absolute Gasteiger partial charge is 0.445 e. The van der Waals surface area contributed by atoms with Crippen molar-refractivity contribution in [1.29, 1.82) is 0 Å². The molecule has 0 fully saturated rings. The van der Waals surface area contributed by atoms with Gasteiger partial charge in [-0.1, -0.05) is 43.0 Å². The van der Waals surface area contributed by atoms with Crippen molar-refractivity contribution in [2.24, 2.45) is 0 Å². The van der Waals surface area contributed by atoms with E-state index >= 15 is 0 Å². The number of amides is 1. The molecule has 1 aromatic rings. The number of aliphatic hydroxyl groups is 1. The minimum atomic E-state index is -0.743. The fourth-order valence-electron chi connectivity index (χ4n) is 1.54. The molecule has 1 rings (SSSR count). The molecule has 0 aliphatic carbocycles. The first-order chi connectivity index (χ1) is 8.57. The third-order valence-corrected chi connectivity index (χ3v) is 2.82. The highest BCUT2D eigenvalue weighted by Gasteiger charge is 2.24. The molecule has 0 spiro atoms. The van der Waals surface area contributed by atoms with Gasteiger partial charge in [0.05, 0.1) is 12.1 Å². The lowest BCUT2D eigenvalue weighted by Gasteiger charge is -2.28. The molecule has 1 amide bonds. The minimum absolute atomic E-state index is 0.164. The molecular weight excluding hydrogens is 230 g/mol. The van der Waals surface area contributed by atoms with Crippen LogP contribution in [0.2, 0.25) is 0 Å². The summed E-state index contributed by atoms with van der Waals surface area (Å²) in [5.74, 6) is 0. The number of carbonyl (C=O) groups is 1. The SMILES string of the molecule is C=CCOC(=O)N(C)C(C)C(O)c1ccccc1. The van der Waals surface area contributed by atoms with Crippen LogP contribution in [0.3, 0.4) is 0 Å². The van der Waals surface area contributed by atoms with Crippen LogP contribution in [0.5, 0.6) is 0 Å². The quantitative estimate of drug-likeness (QED) is 0.815. The zero-order chi connectivity index (χ0) is 13.5. The number of aliphatic hydroxyl groups excluding tert-OH is 1. The predicted octanol–water partition coefficient (Wildman–Crippen LogP) is 2.36. The molecule has 98 valence electrons. The summed E-state index contributed by atoms with van der Waals surface area (Å²) in [5.41, 5.74) is 0.772. The fraction of sp³-hybridized carbons (Fsp3) is 0.357.